The number of rotatable bonds is 8. The Bertz CT molecular complexity index is 651. The molecule has 0 saturated carbocycles. The van der Waals surface area contributed by atoms with Crippen molar-refractivity contribution >= 4 is 11.6 Å². The molecule has 0 heterocycles. The van der Waals surface area contributed by atoms with E-state index in [9.17, 15) is 9.59 Å². The highest BCUT2D eigenvalue weighted by atomic mass is 16.1. The summed E-state index contributed by atoms with van der Waals surface area (Å²) in [5.41, 5.74) is 4.15. The molecule has 0 unspecified atom stereocenters. The maximum absolute atomic E-state index is 12.1. The van der Waals surface area contributed by atoms with Crippen LogP contribution in [0.15, 0.2) is 48.5 Å². The molecule has 2 nitrogen and oxygen atoms in total. The van der Waals surface area contributed by atoms with Gasteiger partial charge in [0.05, 0.1) is 6.42 Å². The van der Waals surface area contributed by atoms with Crippen molar-refractivity contribution in [3.8, 4) is 11.1 Å². The summed E-state index contributed by atoms with van der Waals surface area (Å²) in [4.78, 5) is 23.8. The van der Waals surface area contributed by atoms with Crippen molar-refractivity contribution in [1.29, 1.82) is 0 Å². The van der Waals surface area contributed by atoms with Gasteiger partial charge in [-0.2, -0.15) is 0 Å². The fraction of sp³-hybridized carbons (Fsp3) is 0.333. The number of aryl methyl sites for hydroxylation is 1. The predicted molar refractivity (Wildman–Crippen MR) is 94.7 cm³/mol. The first-order valence-electron chi connectivity index (χ1n) is 8.38. The van der Waals surface area contributed by atoms with Crippen molar-refractivity contribution in [2.24, 2.45) is 0 Å². The van der Waals surface area contributed by atoms with Gasteiger partial charge < -0.3 is 0 Å². The fourth-order valence-corrected chi connectivity index (χ4v) is 2.52. The zero-order valence-electron chi connectivity index (χ0n) is 14.0. The van der Waals surface area contributed by atoms with E-state index in [0.29, 0.717) is 12.0 Å². The molecule has 23 heavy (non-hydrogen) atoms. The largest absolute Gasteiger partial charge is 0.299 e. The van der Waals surface area contributed by atoms with Crippen LogP contribution in [0.4, 0.5) is 0 Å². The second-order valence-electron chi connectivity index (χ2n) is 5.87. The van der Waals surface area contributed by atoms with Crippen LogP contribution in [0.1, 0.15) is 55.5 Å². The Kier molecular flexibility index (Phi) is 6.28. The molecule has 0 atom stereocenters. The zero-order chi connectivity index (χ0) is 16.7. The Labute approximate surface area is 138 Å². The van der Waals surface area contributed by atoms with Gasteiger partial charge in [-0.05, 0) is 29.5 Å². The lowest BCUT2D eigenvalue weighted by atomic mass is 9.99. The van der Waals surface area contributed by atoms with E-state index in [0.717, 1.165) is 30.4 Å². The predicted octanol–water partition coefficient (Wildman–Crippen LogP) is 5.25. The molecule has 0 fully saturated rings. The third kappa shape index (κ3) is 4.88. The first-order valence-corrected chi connectivity index (χ1v) is 8.38. The molecule has 0 spiro atoms. The van der Waals surface area contributed by atoms with Crippen LogP contribution in [-0.4, -0.2) is 11.6 Å². The van der Waals surface area contributed by atoms with Gasteiger partial charge in [-0.15, -0.1) is 0 Å². The van der Waals surface area contributed by atoms with E-state index in [1.54, 1.807) is 0 Å². The van der Waals surface area contributed by atoms with Crippen molar-refractivity contribution in [2.45, 2.75) is 46.0 Å². The maximum Gasteiger partial charge on any atom is 0.170 e. The van der Waals surface area contributed by atoms with E-state index in [1.165, 1.54) is 5.56 Å². The quantitative estimate of drug-likeness (QED) is 0.493. The smallest absolute Gasteiger partial charge is 0.170 e. The Morgan fingerprint density at radius 1 is 0.826 bits per heavy atom. The van der Waals surface area contributed by atoms with Crippen LogP contribution in [0.25, 0.3) is 11.1 Å². The molecule has 120 valence electrons. The summed E-state index contributed by atoms with van der Waals surface area (Å²) in [6, 6.07) is 16.0. The van der Waals surface area contributed by atoms with Crippen LogP contribution in [0.2, 0.25) is 0 Å². The zero-order valence-corrected chi connectivity index (χ0v) is 14.0. The molecule has 2 heteroatoms. The number of unbranched alkanes of at least 4 members (excludes halogenated alkanes) is 1. The minimum absolute atomic E-state index is 0.0184. The standard InChI is InChI=1S/C21H24O2/c1-3-5-6-20(22)15-21(23)19-13-11-18(12-14-19)17-9-7-16(4-2)8-10-17/h7-14H,3-6,15H2,1-2H3. The Morgan fingerprint density at radius 3 is 1.91 bits per heavy atom. The lowest BCUT2D eigenvalue weighted by Crippen LogP contribution is -2.07. The first-order chi connectivity index (χ1) is 11.1. The average Bonchev–Trinajstić information content (AvgIpc) is 2.60. The number of carbonyl (C=O) groups is 2. The van der Waals surface area contributed by atoms with Crippen LogP contribution < -0.4 is 0 Å². The first kappa shape index (κ1) is 17.1. The van der Waals surface area contributed by atoms with Crippen molar-refractivity contribution in [2.75, 3.05) is 0 Å². The minimum Gasteiger partial charge on any atom is -0.299 e. The average molecular weight is 308 g/mol. The molecule has 2 aromatic rings. The summed E-state index contributed by atoms with van der Waals surface area (Å²) in [7, 11) is 0. The third-order valence-electron chi connectivity index (χ3n) is 4.07. The van der Waals surface area contributed by atoms with Crippen LogP contribution in [0.5, 0.6) is 0 Å². The lowest BCUT2D eigenvalue weighted by molar-refractivity contribution is -0.118. The molecule has 0 aliphatic carbocycles. The maximum atomic E-state index is 12.1. The van der Waals surface area contributed by atoms with Gasteiger partial charge >= 0.3 is 0 Å². The summed E-state index contributed by atoms with van der Waals surface area (Å²) in [6.45, 7) is 4.18. The van der Waals surface area contributed by atoms with Gasteiger partial charge in [0.15, 0.2) is 5.78 Å². The highest BCUT2D eigenvalue weighted by Crippen LogP contribution is 2.21. The summed E-state index contributed by atoms with van der Waals surface area (Å²) < 4.78 is 0. The van der Waals surface area contributed by atoms with Gasteiger partial charge in [0.25, 0.3) is 0 Å². The van der Waals surface area contributed by atoms with E-state index in [-0.39, 0.29) is 18.0 Å². The molecule has 0 bridgehead atoms. The van der Waals surface area contributed by atoms with E-state index in [1.807, 2.05) is 31.2 Å². The molecular weight excluding hydrogens is 284 g/mol. The molecule has 2 aromatic carbocycles. The van der Waals surface area contributed by atoms with Crippen molar-refractivity contribution in [1.82, 2.24) is 0 Å². The molecule has 2 rings (SSSR count). The summed E-state index contributed by atoms with van der Waals surface area (Å²) in [5.74, 6) is -0.0462. The molecule has 0 radical (unpaired) electrons. The Hall–Kier alpha value is -2.22. The number of ketones is 2. The van der Waals surface area contributed by atoms with Crippen LogP contribution >= 0.6 is 0 Å². The van der Waals surface area contributed by atoms with Crippen molar-refractivity contribution in [3.05, 3.63) is 59.7 Å². The van der Waals surface area contributed by atoms with E-state index in [4.69, 9.17) is 0 Å². The normalized spacial score (nSPS) is 10.5. The number of Topliss-reactive ketones (excluding diaryl/α,β-unsaturated/α-hetero) is 2. The summed E-state index contributed by atoms with van der Waals surface area (Å²) >= 11 is 0. The fourth-order valence-electron chi connectivity index (χ4n) is 2.52. The van der Waals surface area contributed by atoms with Crippen LogP contribution in [0, 0.1) is 0 Å². The number of carbonyl (C=O) groups excluding carboxylic acids is 2. The van der Waals surface area contributed by atoms with E-state index < -0.39 is 0 Å². The SMILES string of the molecule is CCCCC(=O)CC(=O)c1ccc(-c2ccc(CC)cc2)cc1. The topological polar surface area (TPSA) is 34.1 Å². The summed E-state index contributed by atoms with van der Waals surface area (Å²) in [5, 5.41) is 0. The number of benzene rings is 2. The highest BCUT2D eigenvalue weighted by Gasteiger charge is 2.11. The van der Waals surface area contributed by atoms with Gasteiger partial charge in [-0.1, -0.05) is 68.8 Å². The van der Waals surface area contributed by atoms with Crippen LogP contribution in [0.3, 0.4) is 0 Å². The van der Waals surface area contributed by atoms with Gasteiger partial charge in [-0.25, -0.2) is 0 Å². The Morgan fingerprint density at radius 2 is 1.39 bits per heavy atom. The van der Waals surface area contributed by atoms with E-state index >= 15 is 0 Å². The lowest BCUT2D eigenvalue weighted by Gasteiger charge is -2.05. The highest BCUT2D eigenvalue weighted by molar-refractivity contribution is 6.08. The third-order valence-corrected chi connectivity index (χ3v) is 4.07. The molecule has 0 N–H and O–H groups in total. The van der Waals surface area contributed by atoms with Gasteiger partial charge in [0, 0.05) is 12.0 Å². The monoisotopic (exact) mass is 308 g/mol. The molecular formula is C21H24O2. The Balaban J connectivity index is 2.03. The van der Waals surface area contributed by atoms with Gasteiger partial charge in [0.1, 0.15) is 5.78 Å². The molecule has 0 saturated heterocycles. The summed E-state index contributed by atoms with van der Waals surface area (Å²) in [6.07, 6.45) is 3.39. The second-order valence-corrected chi connectivity index (χ2v) is 5.87. The van der Waals surface area contributed by atoms with Crippen LogP contribution in [-0.2, 0) is 11.2 Å². The van der Waals surface area contributed by atoms with E-state index in [2.05, 4.69) is 31.2 Å². The van der Waals surface area contributed by atoms with Crippen molar-refractivity contribution in [3.63, 3.8) is 0 Å². The van der Waals surface area contributed by atoms with Gasteiger partial charge in [0.2, 0.25) is 0 Å². The molecule has 0 aliphatic rings. The molecule has 0 aromatic heterocycles. The molecule has 0 aliphatic heterocycles. The molecule has 0 amide bonds. The minimum atomic E-state index is -0.0843. The number of hydrogen-bond donors (Lipinski definition) is 0. The number of hydrogen-bond acceptors (Lipinski definition) is 2. The van der Waals surface area contributed by atoms with Gasteiger partial charge in [-0.3, -0.25) is 9.59 Å². The van der Waals surface area contributed by atoms with Crippen molar-refractivity contribution < 1.29 is 9.59 Å². The second kappa shape index (κ2) is 8.42.